The van der Waals surface area contributed by atoms with E-state index in [1.807, 2.05) is 17.8 Å². The van der Waals surface area contributed by atoms with Gasteiger partial charge in [0, 0.05) is 25.5 Å². The van der Waals surface area contributed by atoms with Gasteiger partial charge in [-0.1, -0.05) is 26.7 Å². The minimum Gasteiger partial charge on any atom is -0.336 e. The number of hydrogen-bond donors (Lipinski definition) is 2. The van der Waals surface area contributed by atoms with E-state index in [-0.39, 0.29) is 12.1 Å². The second kappa shape index (κ2) is 6.08. The Balaban J connectivity index is 1.97. The Hall–Kier alpha value is -1.52. The van der Waals surface area contributed by atoms with Gasteiger partial charge in [0.05, 0.1) is 6.04 Å². The van der Waals surface area contributed by atoms with E-state index in [0.29, 0.717) is 12.0 Å². The average Bonchev–Trinajstić information content (AvgIpc) is 2.97. The molecular weight excluding hydrogens is 240 g/mol. The third kappa shape index (κ3) is 3.49. The van der Waals surface area contributed by atoms with E-state index in [0.717, 1.165) is 18.7 Å². The molecule has 1 saturated carbocycles. The van der Waals surface area contributed by atoms with Crippen LogP contribution in [0.25, 0.3) is 0 Å². The average molecular weight is 264 g/mol. The number of aromatic nitrogens is 2. The zero-order valence-corrected chi connectivity index (χ0v) is 12.0. The molecule has 1 atom stereocenters. The SMILES string of the molecule is CC(C)[C@@H](NC(=O)NC1CCCC1)c1nccn1C. The predicted molar refractivity (Wildman–Crippen MR) is 74.7 cm³/mol. The van der Waals surface area contributed by atoms with Crippen LogP contribution in [-0.4, -0.2) is 21.6 Å². The third-order valence-corrected chi connectivity index (χ3v) is 3.78. The van der Waals surface area contributed by atoms with E-state index in [1.54, 1.807) is 6.20 Å². The number of carbonyl (C=O) groups excluding carboxylic acids is 1. The number of carbonyl (C=O) groups is 1. The monoisotopic (exact) mass is 264 g/mol. The van der Waals surface area contributed by atoms with Crippen LogP contribution in [0.5, 0.6) is 0 Å². The van der Waals surface area contributed by atoms with Gasteiger partial charge in [-0.2, -0.15) is 0 Å². The first kappa shape index (κ1) is 13.9. The second-order valence-electron chi connectivity index (χ2n) is 5.72. The minimum absolute atomic E-state index is 0.0543. The quantitative estimate of drug-likeness (QED) is 0.877. The maximum Gasteiger partial charge on any atom is 0.315 e. The molecule has 19 heavy (non-hydrogen) atoms. The Labute approximate surface area is 114 Å². The molecule has 2 N–H and O–H groups in total. The summed E-state index contributed by atoms with van der Waals surface area (Å²) in [6, 6.07) is 0.212. The first-order chi connectivity index (χ1) is 9.08. The predicted octanol–water partition coefficient (Wildman–Crippen LogP) is 2.36. The van der Waals surface area contributed by atoms with Gasteiger partial charge in [-0.05, 0) is 18.8 Å². The number of amides is 2. The van der Waals surface area contributed by atoms with Gasteiger partial charge in [0.15, 0.2) is 0 Å². The minimum atomic E-state index is -0.0754. The van der Waals surface area contributed by atoms with Crippen molar-refractivity contribution in [1.82, 2.24) is 20.2 Å². The van der Waals surface area contributed by atoms with Crippen molar-refractivity contribution in [3.8, 4) is 0 Å². The highest BCUT2D eigenvalue weighted by Crippen LogP contribution is 2.20. The van der Waals surface area contributed by atoms with Crippen LogP contribution < -0.4 is 10.6 Å². The summed E-state index contributed by atoms with van der Waals surface area (Å²) in [5, 5.41) is 6.11. The topological polar surface area (TPSA) is 59.0 Å². The molecule has 0 unspecified atom stereocenters. The Morgan fingerprint density at radius 3 is 2.63 bits per heavy atom. The molecule has 1 aliphatic rings. The highest BCUT2D eigenvalue weighted by atomic mass is 16.2. The van der Waals surface area contributed by atoms with Crippen LogP contribution in [0.15, 0.2) is 12.4 Å². The summed E-state index contributed by atoms with van der Waals surface area (Å²) in [5.74, 6) is 1.20. The van der Waals surface area contributed by atoms with Crippen molar-refractivity contribution in [1.29, 1.82) is 0 Å². The van der Waals surface area contributed by atoms with Crippen molar-refractivity contribution >= 4 is 6.03 Å². The number of nitrogens with zero attached hydrogens (tertiary/aromatic N) is 2. The van der Waals surface area contributed by atoms with Gasteiger partial charge in [0.2, 0.25) is 0 Å². The van der Waals surface area contributed by atoms with Crippen molar-refractivity contribution in [3.63, 3.8) is 0 Å². The first-order valence-electron chi connectivity index (χ1n) is 7.12. The molecule has 2 rings (SSSR count). The van der Waals surface area contributed by atoms with Crippen LogP contribution in [0.1, 0.15) is 51.4 Å². The van der Waals surface area contributed by atoms with Crippen molar-refractivity contribution < 1.29 is 4.79 Å². The van der Waals surface area contributed by atoms with E-state index < -0.39 is 0 Å². The number of urea groups is 1. The molecule has 0 spiro atoms. The number of aryl methyl sites for hydroxylation is 1. The Bertz CT molecular complexity index is 421. The number of nitrogens with one attached hydrogen (secondary N) is 2. The van der Waals surface area contributed by atoms with Gasteiger partial charge < -0.3 is 15.2 Å². The van der Waals surface area contributed by atoms with Crippen molar-refractivity contribution in [3.05, 3.63) is 18.2 Å². The molecular formula is C14H24N4O. The number of rotatable bonds is 4. The van der Waals surface area contributed by atoms with Gasteiger partial charge in [0.25, 0.3) is 0 Å². The first-order valence-corrected chi connectivity index (χ1v) is 7.12. The van der Waals surface area contributed by atoms with Gasteiger partial charge >= 0.3 is 6.03 Å². The van der Waals surface area contributed by atoms with Gasteiger partial charge in [-0.25, -0.2) is 9.78 Å². The third-order valence-electron chi connectivity index (χ3n) is 3.78. The molecule has 5 nitrogen and oxygen atoms in total. The molecule has 0 bridgehead atoms. The number of imidazole rings is 1. The lowest BCUT2D eigenvalue weighted by molar-refractivity contribution is 0.228. The summed E-state index contributed by atoms with van der Waals surface area (Å²) in [5.41, 5.74) is 0. The van der Waals surface area contributed by atoms with Crippen LogP contribution in [0.2, 0.25) is 0 Å². The molecule has 0 aliphatic heterocycles. The molecule has 1 aromatic rings. The smallest absolute Gasteiger partial charge is 0.315 e. The normalized spacial score (nSPS) is 17.7. The van der Waals surface area contributed by atoms with E-state index in [9.17, 15) is 4.79 Å². The fourth-order valence-electron chi connectivity index (χ4n) is 2.64. The van der Waals surface area contributed by atoms with Gasteiger partial charge in [0.1, 0.15) is 5.82 Å². The van der Waals surface area contributed by atoms with Crippen LogP contribution in [0.3, 0.4) is 0 Å². The van der Waals surface area contributed by atoms with Crippen molar-refractivity contribution in [2.75, 3.05) is 0 Å². The zero-order valence-electron chi connectivity index (χ0n) is 12.0. The molecule has 106 valence electrons. The van der Waals surface area contributed by atoms with E-state index in [2.05, 4.69) is 29.5 Å². The summed E-state index contributed by atoms with van der Waals surface area (Å²) < 4.78 is 1.96. The summed E-state index contributed by atoms with van der Waals surface area (Å²) in [6.07, 6.45) is 8.31. The van der Waals surface area contributed by atoms with E-state index in [4.69, 9.17) is 0 Å². The molecule has 1 aliphatic carbocycles. The lowest BCUT2D eigenvalue weighted by Crippen LogP contribution is -2.44. The highest BCUT2D eigenvalue weighted by molar-refractivity contribution is 5.74. The highest BCUT2D eigenvalue weighted by Gasteiger charge is 2.24. The summed E-state index contributed by atoms with van der Waals surface area (Å²) >= 11 is 0. The Morgan fingerprint density at radius 1 is 1.42 bits per heavy atom. The largest absolute Gasteiger partial charge is 0.336 e. The second-order valence-corrected chi connectivity index (χ2v) is 5.72. The maximum atomic E-state index is 12.1. The van der Waals surface area contributed by atoms with Gasteiger partial charge in [-0.15, -0.1) is 0 Å². The molecule has 0 aromatic carbocycles. The van der Waals surface area contributed by atoms with Crippen molar-refractivity contribution in [2.45, 2.75) is 51.6 Å². The summed E-state index contributed by atoms with van der Waals surface area (Å²) in [7, 11) is 1.95. The molecule has 2 amide bonds. The van der Waals surface area contributed by atoms with E-state index in [1.165, 1.54) is 12.8 Å². The van der Waals surface area contributed by atoms with Crippen molar-refractivity contribution in [2.24, 2.45) is 13.0 Å². The molecule has 0 radical (unpaired) electrons. The standard InChI is InChI=1S/C14H24N4O/c1-10(2)12(13-15-8-9-18(13)3)17-14(19)16-11-6-4-5-7-11/h8-12H,4-7H2,1-3H3,(H2,16,17,19)/t12-/m1/s1. The molecule has 0 saturated heterocycles. The lowest BCUT2D eigenvalue weighted by atomic mass is 10.0. The molecule has 5 heteroatoms. The molecule has 1 heterocycles. The zero-order chi connectivity index (χ0) is 13.8. The lowest BCUT2D eigenvalue weighted by Gasteiger charge is -2.23. The van der Waals surface area contributed by atoms with Crippen LogP contribution in [-0.2, 0) is 7.05 Å². The fraction of sp³-hybridized carbons (Fsp3) is 0.714. The van der Waals surface area contributed by atoms with E-state index >= 15 is 0 Å². The van der Waals surface area contributed by atoms with Crippen LogP contribution in [0, 0.1) is 5.92 Å². The molecule has 1 aromatic heterocycles. The summed E-state index contributed by atoms with van der Waals surface area (Å²) in [4.78, 5) is 16.4. The Kier molecular flexibility index (Phi) is 4.45. The summed E-state index contributed by atoms with van der Waals surface area (Å²) in [6.45, 7) is 4.18. The van der Waals surface area contributed by atoms with Gasteiger partial charge in [-0.3, -0.25) is 0 Å². The molecule has 1 fully saturated rings. The van der Waals surface area contributed by atoms with Crippen LogP contribution >= 0.6 is 0 Å². The van der Waals surface area contributed by atoms with Crippen LogP contribution in [0.4, 0.5) is 4.79 Å². The fourth-order valence-corrected chi connectivity index (χ4v) is 2.64. The number of hydrogen-bond acceptors (Lipinski definition) is 2. The maximum absolute atomic E-state index is 12.1. The Morgan fingerprint density at radius 2 is 2.11 bits per heavy atom.